The highest BCUT2D eigenvalue weighted by atomic mass is 14.7. The summed E-state index contributed by atoms with van der Waals surface area (Å²) in [7, 11) is 0. The molecule has 1 aromatic carbocycles. The highest BCUT2D eigenvalue weighted by Gasteiger charge is 2.07. The molecule has 0 spiro atoms. The highest BCUT2D eigenvalue weighted by molar-refractivity contribution is 5.32. The fourth-order valence-corrected chi connectivity index (χ4v) is 1.58. The van der Waals surface area contributed by atoms with Gasteiger partial charge in [-0.1, -0.05) is 23.8 Å². The van der Waals surface area contributed by atoms with Crippen molar-refractivity contribution in [2.75, 3.05) is 6.54 Å². The van der Waals surface area contributed by atoms with Gasteiger partial charge in [0.25, 0.3) is 0 Å². The second-order valence-corrected chi connectivity index (χ2v) is 3.54. The van der Waals surface area contributed by atoms with E-state index in [1.165, 1.54) is 16.7 Å². The molecule has 1 aromatic rings. The van der Waals surface area contributed by atoms with E-state index >= 15 is 0 Å². The molecule has 1 unspecified atom stereocenters. The van der Waals surface area contributed by atoms with Crippen molar-refractivity contribution in [1.82, 2.24) is 0 Å². The van der Waals surface area contributed by atoms with E-state index in [0.29, 0.717) is 6.54 Å². The third-order valence-electron chi connectivity index (χ3n) is 2.30. The minimum Gasteiger partial charge on any atom is -0.330 e. The van der Waals surface area contributed by atoms with Crippen molar-refractivity contribution in [1.29, 1.82) is 0 Å². The molecule has 72 valence electrons. The third kappa shape index (κ3) is 2.54. The van der Waals surface area contributed by atoms with Crippen LogP contribution in [0.3, 0.4) is 0 Å². The van der Waals surface area contributed by atoms with Gasteiger partial charge in [0.1, 0.15) is 0 Å². The van der Waals surface area contributed by atoms with Crippen molar-refractivity contribution >= 4 is 0 Å². The molecular formula is C11H18N2. The molecule has 4 N–H and O–H groups in total. The van der Waals surface area contributed by atoms with Crippen LogP contribution in [-0.2, 0) is 0 Å². The van der Waals surface area contributed by atoms with Gasteiger partial charge in [-0.05, 0) is 37.9 Å². The molecule has 0 fully saturated rings. The zero-order chi connectivity index (χ0) is 9.84. The summed E-state index contributed by atoms with van der Waals surface area (Å²) in [5, 5.41) is 0. The van der Waals surface area contributed by atoms with Gasteiger partial charge in [0.2, 0.25) is 0 Å². The Morgan fingerprint density at radius 1 is 1.31 bits per heavy atom. The second-order valence-electron chi connectivity index (χ2n) is 3.54. The summed E-state index contributed by atoms with van der Waals surface area (Å²) >= 11 is 0. The SMILES string of the molecule is Cc1ccc(C(N)CCN)c(C)c1. The molecular weight excluding hydrogens is 160 g/mol. The molecule has 0 radical (unpaired) electrons. The average molecular weight is 178 g/mol. The Balaban J connectivity index is 2.88. The maximum atomic E-state index is 5.98. The van der Waals surface area contributed by atoms with Crippen molar-refractivity contribution in [2.24, 2.45) is 11.5 Å². The van der Waals surface area contributed by atoms with E-state index in [-0.39, 0.29) is 6.04 Å². The molecule has 0 amide bonds. The first-order chi connectivity index (χ1) is 6.15. The Kier molecular flexibility index (Phi) is 3.46. The summed E-state index contributed by atoms with van der Waals surface area (Å²) in [4.78, 5) is 0. The van der Waals surface area contributed by atoms with Gasteiger partial charge in [-0.2, -0.15) is 0 Å². The van der Waals surface area contributed by atoms with Gasteiger partial charge in [-0.3, -0.25) is 0 Å². The Hall–Kier alpha value is -0.860. The minimum atomic E-state index is 0.0885. The van der Waals surface area contributed by atoms with Crippen LogP contribution in [0.5, 0.6) is 0 Å². The summed E-state index contributed by atoms with van der Waals surface area (Å²) in [5.41, 5.74) is 15.2. The number of rotatable bonds is 3. The van der Waals surface area contributed by atoms with E-state index < -0.39 is 0 Å². The molecule has 0 heterocycles. The smallest absolute Gasteiger partial charge is 0.0309 e. The summed E-state index contributed by atoms with van der Waals surface area (Å²) in [6.07, 6.45) is 0.851. The molecule has 0 aliphatic heterocycles. The van der Waals surface area contributed by atoms with Crippen molar-refractivity contribution in [2.45, 2.75) is 26.3 Å². The molecule has 13 heavy (non-hydrogen) atoms. The lowest BCUT2D eigenvalue weighted by atomic mass is 9.98. The van der Waals surface area contributed by atoms with Crippen LogP contribution in [0.25, 0.3) is 0 Å². The Morgan fingerprint density at radius 3 is 2.54 bits per heavy atom. The van der Waals surface area contributed by atoms with Gasteiger partial charge >= 0.3 is 0 Å². The zero-order valence-corrected chi connectivity index (χ0v) is 8.38. The first kappa shape index (κ1) is 10.2. The van der Waals surface area contributed by atoms with Crippen LogP contribution < -0.4 is 11.5 Å². The Morgan fingerprint density at radius 2 is 2.00 bits per heavy atom. The van der Waals surface area contributed by atoms with Gasteiger partial charge < -0.3 is 11.5 Å². The fraction of sp³-hybridized carbons (Fsp3) is 0.455. The maximum Gasteiger partial charge on any atom is 0.0309 e. The number of nitrogens with two attached hydrogens (primary N) is 2. The predicted octanol–water partition coefficient (Wildman–Crippen LogP) is 1.65. The number of hydrogen-bond donors (Lipinski definition) is 2. The van der Waals surface area contributed by atoms with E-state index in [2.05, 4.69) is 32.0 Å². The van der Waals surface area contributed by atoms with E-state index in [0.717, 1.165) is 6.42 Å². The summed E-state index contributed by atoms with van der Waals surface area (Å²) in [6.45, 7) is 4.83. The third-order valence-corrected chi connectivity index (χ3v) is 2.30. The molecule has 0 aliphatic carbocycles. The lowest BCUT2D eigenvalue weighted by Crippen LogP contribution is -2.16. The standard InChI is InChI=1S/C11H18N2/c1-8-3-4-10(9(2)7-8)11(13)5-6-12/h3-4,7,11H,5-6,12-13H2,1-2H3. The van der Waals surface area contributed by atoms with Crippen LogP contribution in [0.15, 0.2) is 18.2 Å². The number of aryl methyl sites for hydroxylation is 2. The monoisotopic (exact) mass is 178 g/mol. The molecule has 0 aromatic heterocycles. The van der Waals surface area contributed by atoms with E-state index in [1.54, 1.807) is 0 Å². The van der Waals surface area contributed by atoms with Crippen LogP contribution in [0.2, 0.25) is 0 Å². The van der Waals surface area contributed by atoms with Crippen molar-refractivity contribution in [3.8, 4) is 0 Å². The molecule has 0 bridgehead atoms. The molecule has 0 saturated carbocycles. The largest absolute Gasteiger partial charge is 0.330 e. The first-order valence-electron chi connectivity index (χ1n) is 4.68. The van der Waals surface area contributed by atoms with Gasteiger partial charge in [0.15, 0.2) is 0 Å². The summed E-state index contributed by atoms with van der Waals surface area (Å²) in [6, 6.07) is 6.45. The van der Waals surface area contributed by atoms with Gasteiger partial charge in [-0.25, -0.2) is 0 Å². The summed E-state index contributed by atoms with van der Waals surface area (Å²) in [5.74, 6) is 0. The molecule has 2 nitrogen and oxygen atoms in total. The van der Waals surface area contributed by atoms with E-state index in [9.17, 15) is 0 Å². The molecule has 0 saturated heterocycles. The van der Waals surface area contributed by atoms with Crippen LogP contribution in [0.1, 0.15) is 29.2 Å². The highest BCUT2D eigenvalue weighted by Crippen LogP contribution is 2.18. The molecule has 0 aliphatic rings. The molecule has 2 heteroatoms. The van der Waals surface area contributed by atoms with Gasteiger partial charge in [0.05, 0.1) is 0 Å². The van der Waals surface area contributed by atoms with Crippen molar-refractivity contribution in [3.63, 3.8) is 0 Å². The second kappa shape index (κ2) is 4.40. The number of hydrogen-bond acceptors (Lipinski definition) is 2. The maximum absolute atomic E-state index is 5.98. The van der Waals surface area contributed by atoms with E-state index in [1.807, 2.05) is 0 Å². The van der Waals surface area contributed by atoms with Crippen molar-refractivity contribution < 1.29 is 0 Å². The van der Waals surface area contributed by atoms with E-state index in [4.69, 9.17) is 11.5 Å². The van der Waals surface area contributed by atoms with Crippen LogP contribution >= 0.6 is 0 Å². The minimum absolute atomic E-state index is 0.0885. The number of benzene rings is 1. The van der Waals surface area contributed by atoms with Crippen LogP contribution in [0, 0.1) is 13.8 Å². The lowest BCUT2D eigenvalue weighted by Gasteiger charge is -2.13. The quantitative estimate of drug-likeness (QED) is 0.739. The Labute approximate surface area is 79.9 Å². The fourth-order valence-electron chi connectivity index (χ4n) is 1.58. The summed E-state index contributed by atoms with van der Waals surface area (Å²) < 4.78 is 0. The average Bonchev–Trinajstić information content (AvgIpc) is 2.04. The van der Waals surface area contributed by atoms with Crippen LogP contribution in [-0.4, -0.2) is 6.54 Å². The predicted molar refractivity (Wildman–Crippen MR) is 56.5 cm³/mol. The first-order valence-corrected chi connectivity index (χ1v) is 4.68. The van der Waals surface area contributed by atoms with Crippen molar-refractivity contribution in [3.05, 3.63) is 34.9 Å². The molecule has 1 rings (SSSR count). The van der Waals surface area contributed by atoms with Crippen LogP contribution in [0.4, 0.5) is 0 Å². The zero-order valence-electron chi connectivity index (χ0n) is 8.38. The Bertz CT molecular complexity index is 281. The normalized spacial score (nSPS) is 12.9. The van der Waals surface area contributed by atoms with Gasteiger partial charge in [-0.15, -0.1) is 0 Å². The lowest BCUT2D eigenvalue weighted by molar-refractivity contribution is 0.657. The topological polar surface area (TPSA) is 52.0 Å². The van der Waals surface area contributed by atoms with Gasteiger partial charge in [0, 0.05) is 6.04 Å². The molecule has 1 atom stereocenters.